The minimum absolute atomic E-state index is 0.0893. The second-order valence-electron chi connectivity index (χ2n) is 6.18. The van der Waals surface area contributed by atoms with E-state index in [1.807, 2.05) is 69.3 Å². The van der Waals surface area contributed by atoms with Gasteiger partial charge in [0.2, 0.25) is 11.8 Å². The zero-order chi connectivity index (χ0) is 18.9. The molecule has 0 bridgehead atoms. The van der Waals surface area contributed by atoms with Crippen molar-refractivity contribution in [3.8, 4) is 0 Å². The lowest BCUT2D eigenvalue weighted by Gasteiger charge is -2.09. The van der Waals surface area contributed by atoms with Crippen LogP contribution in [0.15, 0.2) is 53.6 Å². The number of anilines is 1. The van der Waals surface area contributed by atoms with Gasteiger partial charge in [0.1, 0.15) is 0 Å². The molecule has 2 amide bonds. The number of carbonyl (C=O) groups excluding carboxylic acids is 2. The molecule has 0 aliphatic rings. The van der Waals surface area contributed by atoms with Gasteiger partial charge in [-0.2, -0.15) is 5.10 Å². The molecule has 0 saturated carbocycles. The number of rotatable bonds is 7. The quantitative estimate of drug-likeness (QED) is 0.586. The van der Waals surface area contributed by atoms with Gasteiger partial charge in [-0.3, -0.25) is 9.59 Å². The molecule has 2 aromatic carbocycles. The fraction of sp³-hybridized carbons (Fsp3) is 0.286. The predicted molar refractivity (Wildman–Crippen MR) is 105 cm³/mol. The fourth-order valence-corrected chi connectivity index (χ4v) is 2.56. The maximum Gasteiger partial charge on any atom is 0.240 e. The summed E-state index contributed by atoms with van der Waals surface area (Å²) in [6, 6.07) is 15.5. The van der Waals surface area contributed by atoms with Gasteiger partial charge in [0.05, 0.1) is 5.71 Å². The van der Waals surface area contributed by atoms with E-state index in [4.69, 9.17) is 0 Å². The minimum atomic E-state index is -0.275. The smallest absolute Gasteiger partial charge is 0.240 e. The van der Waals surface area contributed by atoms with Crippen LogP contribution in [-0.4, -0.2) is 17.5 Å². The van der Waals surface area contributed by atoms with Gasteiger partial charge < -0.3 is 5.32 Å². The van der Waals surface area contributed by atoms with Crippen molar-refractivity contribution >= 4 is 23.2 Å². The molecule has 26 heavy (non-hydrogen) atoms. The molecule has 5 heteroatoms. The number of nitrogens with one attached hydrogen (secondary N) is 2. The average molecular weight is 351 g/mol. The van der Waals surface area contributed by atoms with Gasteiger partial charge in [0.25, 0.3) is 0 Å². The maximum absolute atomic E-state index is 12.0. The highest BCUT2D eigenvalue weighted by Gasteiger charge is 2.09. The number of aryl methyl sites for hydroxylation is 2. The highest BCUT2D eigenvalue weighted by atomic mass is 16.2. The lowest BCUT2D eigenvalue weighted by atomic mass is 10.1. The van der Waals surface area contributed by atoms with Crippen molar-refractivity contribution in [2.24, 2.45) is 5.10 Å². The third-order valence-corrected chi connectivity index (χ3v) is 3.99. The van der Waals surface area contributed by atoms with Gasteiger partial charge in [-0.1, -0.05) is 55.0 Å². The van der Waals surface area contributed by atoms with Crippen molar-refractivity contribution in [1.82, 2.24) is 5.43 Å². The van der Waals surface area contributed by atoms with Crippen LogP contribution in [0, 0.1) is 13.8 Å². The molecule has 136 valence electrons. The SMILES string of the molecule is CCC(=NNC(=O)CCC(=O)Nc1ccc(C)cc1C)c1ccccc1. The van der Waals surface area contributed by atoms with Crippen molar-refractivity contribution in [1.29, 1.82) is 0 Å². The van der Waals surface area contributed by atoms with Gasteiger partial charge in [0, 0.05) is 18.5 Å². The van der Waals surface area contributed by atoms with Gasteiger partial charge in [-0.05, 0) is 37.5 Å². The number of carbonyl (C=O) groups is 2. The summed E-state index contributed by atoms with van der Waals surface area (Å²) < 4.78 is 0. The average Bonchev–Trinajstić information content (AvgIpc) is 2.64. The first kappa shape index (κ1) is 19.4. The fourth-order valence-electron chi connectivity index (χ4n) is 2.56. The summed E-state index contributed by atoms with van der Waals surface area (Å²) in [5, 5.41) is 7.02. The molecule has 0 atom stereocenters. The van der Waals surface area contributed by atoms with Gasteiger partial charge in [-0.25, -0.2) is 5.43 Å². The van der Waals surface area contributed by atoms with Crippen LogP contribution in [0.25, 0.3) is 0 Å². The van der Waals surface area contributed by atoms with Gasteiger partial charge >= 0.3 is 0 Å². The van der Waals surface area contributed by atoms with Crippen molar-refractivity contribution in [2.45, 2.75) is 40.0 Å². The molecule has 0 saturated heterocycles. The molecule has 0 aromatic heterocycles. The molecule has 0 heterocycles. The number of hydrogen-bond donors (Lipinski definition) is 2. The Hall–Kier alpha value is -2.95. The Bertz CT molecular complexity index is 798. The Labute approximate surface area is 154 Å². The number of hydrogen-bond acceptors (Lipinski definition) is 3. The Morgan fingerprint density at radius 3 is 2.31 bits per heavy atom. The summed E-state index contributed by atoms with van der Waals surface area (Å²) in [7, 11) is 0. The topological polar surface area (TPSA) is 70.6 Å². The van der Waals surface area contributed by atoms with Crippen LogP contribution in [-0.2, 0) is 9.59 Å². The van der Waals surface area contributed by atoms with E-state index in [0.717, 1.165) is 28.1 Å². The van der Waals surface area contributed by atoms with Crippen LogP contribution >= 0.6 is 0 Å². The van der Waals surface area contributed by atoms with E-state index >= 15 is 0 Å². The molecule has 2 rings (SSSR count). The first-order valence-electron chi connectivity index (χ1n) is 8.77. The first-order chi connectivity index (χ1) is 12.5. The van der Waals surface area contributed by atoms with Crippen LogP contribution in [0.3, 0.4) is 0 Å². The molecule has 0 spiro atoms. The summed E-state index contributed by atoms with van der Waals surface area (Å²) in [6.45, 7) is 5.93. The highest BCUT2D eigenvalue weighted by molar-refractivity contribution is 6.01. The number of benzene rings is 2. The van der Waals surface area contributed by atoms with Crippen molar-refractivity contribution in [2.75, 3.05) is 5.32 Å². The van der Waals surface area contributed by atoms with E-state index < -0.39 is 0 Å². The second kappa shape index (κ2) is 9.51. The molecule has 5 nitrogen and oxygen atoms in total. The minimum Gasteiger partial charge on any atom is -0.326 e. The molecule has 2 aromatic rings. The van der Waals surface area contributed by atoms with Gasteiger partial charge in [-0.15, -0.1) is 0 Å². The highest BCUT2D eigenvalue weighted by Crippen LogP contribution is 2.16. The molecular weight excluding hydrogens is 326 g/mol. The third kappa shape index (κ3) is 5.84. The van der Waals surface area contributed by atoms with E-state index in [1.54, 1.807) is 0 Å². The van der Waals surface area contributed by atoms with Crippen molar-refractivity contribution in [3.63, 3.8) is 0 Å². The molecule has 0 unspecified atom stereocenters. The van der Waals surface area contributed by atoms with E-state index in [1.165, 1.54) is 0 Å². The normalized spacial score (nSPS) is 11.1. The third-order valence-electron chi connectivity index (χ3n) is 3.99. The maximum atomic E-state index is 12.0. The van der Waals surface area contributed by atoms with E-state index in [0.29, 0.717) is 6.42 Å². The number of amides is 2. The standard InChI is InChI=1S/C21H25N3O2/c1-4-18(17-8-6-5-7-9-17)23-24-21(26)13-12-20(25)22-19-11-10-15(2)14-16(19)3/h5-11,14H,4,12-13H2,1-3H3,(H,22,25)(H,24,26). The zero-order valence-corrected chi connectivity index (χ0v) is 15.5. The summed E-state index contributed by atoms with van der Waals surface area (Å²) in [6.07, 6.45) is 0.908. The predicted octanol–water partition coefficient (Wildman–Crippen LogP) is 3.95. The summed E-state index contributed by atoms with van der Waals surface area (Å²) in [4.78, 5) is 24.0. The van der Waals surface area contributed by atoms with Crippen LogP contribution in [0.1, 0.15) is 42.9 Å². The van der Waals surface area contributed by atoms with Crippen molar-refractivity contribution < 1.29 is 9.59 Å². The summed E-state index contributed by atoms with van der Waals surface area (Å²) >= 11 is 0. The summed E-state index contributed by atoms with van der Waals surface area (Å²) in [5.41, 5.74) is 7.24. The van der Waals surface area contributed by atoms with Crippen LogP contribution in [0.2, 0.25) is 0 Å². The molecule has 0 fully saturated rings. The molecule has 0 aliphatic carbocycles. The van der Waals surface area contributed by atoms with E-state index in [9.17, 15) is 9.59 Å². The number of hydrazone groups is 1. The Morgan fingerprint density at radius 1 is 0.962 bits per heavy atom. The van der Waals surface area contributed by atoms with E-state index in [-0.39, 0.29) is 24.7 Å². The monoisotopic (exact) mass is 351 g/mol. The van der Waals surface area contributed by atoms with Crippen LogP contribution in [0.5, 0.6) is 0 Å². The van der Waals surface area contributed by atoms with E-state index in [2.05, 4.69) is 15.8 Å². The Kier molecular flexibility index (Phi) is 7.09. The largest absolute Gasteiger partial charge is 0.326 e. The Morgan fingerprint density at radius 2 is 1.65 bits per heavy atom. The lowest BCUT2D eigenvalue weighted by molar-refractivity contribution is -0.124. The molecular formula is C21H25N3O2. The van der Waals surface area contributed by atoms with Crippen molar-refractivity contribution in [3.05, 3.63) is 65.2 Å². The van der Waals surface area contributed by atoms with Gasteiger partial charge in [0.15, 0.2) is 0 Å². The second-order valence-corrected chi connectivity index (χ2v) is 6.18. The lowest BCUT2D eigenvalue weighted by Crippen LogP contribution is -2.22. The molecule has 0 radical (unpaired) electrons. The van der Waals surface area contributed by atoms with Crippen LogP contribution < -0.4 is 10.7 Å². The first-order valence-corrected chi connectivity index (χ1v) is 8.77. The zero-order valence-electron chi connectivity index (χ0n) is 15.5. The summed E-state index contributed by atoms with van der Waals surface area (Å²) in [5.74, 6) is -0.461. The number of nitrogens with zero attached hydrogens (tertiary/aromatic N) is 1. The van der Waals surface area contributed by atoms with Crippen LogP contribution in [0.4, 0.5) is 5.69 Å². The molecule has 2 N–H and O–H groups in total. The molecule has 0 aliphatic heterocycles. The Balaban J connectivity index is 1.84.